The standard InChI is InChI=1S/C15H23Cl2N/c1-5-15(6-2,7-3)18-11(4)12-8-9-13(16)14(17)10-12/h8-11,18H,5-7H2,1-4H3. The lowest BCUT2D eigenvalue weighted by molar-refractivity contribution is 0.263. The summed E-state index contributed by atoms with van der Waals surface area (Å²) in [5.41, 5.74) is 1.40. The van der Waals surface area contributed by atoms with E-state index in [0.29, 0.717) is 10.0 Å². The van der Waals surface area contributed by atoms with Gasteiger partial charge < -0.3 is 5.32 Å². The molecule has 3 heteroatoms. The van der Waals surface area contributed by atoms with Gasteiger partial charge in [-0.3, -0.25) is 0 Å². The van der Waals surface area contributed by atoms with Gasteiger partial charge in [0.2, 0.25) is 0 Å². The summed E-state index contributed by atoms with van der Waals surface area (Å²) in [5.74, 6) is 0. The van der Waals surface area contributed by atoms with Crippen molar-refractivity contribution in [1.82, 2.24) is 5.32 Å². The van der Waals surface area contributed by atoms with E-state index >= 15 is 0 Å². The molecule has 0 fully saturated rings. The van der Waals surface area contributed by atoms with Crippen molar-refractivity contribution in [3.05, 3.63) is 33.8 Å². The molecule has 0 aromatic heterocycles. The van der Waals surface area contributed by atoms with Crippen LogP contribution >= 0.6 is 23.2 Å². The minimum absolute atomic E-state index is 0.214. The van der Waals surface area contributed by atoms with Crippen molar-refractivity contribution in [3.8, 4) is 0 Å². The first-order valence-electron chi connectivity index (χ1n) is 6.70. The van der Waals surface area contributed by atoms with E-state index in [2.05, 4.69) is 33.0 Å². The molecule has 1 nitrogen and oxygen atoms in total. The molecule has 0 bridgehead atoms. The average Bonchev–Trinajstić information content (AvgIpc) is 2.39. The minimum Gasteiger partial charge on any atom is -0.305 e. The molecular weight excluding hydrogens is 265 g/mol. The lowest BCUT2D eigenvalue weighted by Gasteiger charge is -2.35. The van der Waals surface area contributed by atoms with Crippen LogP contribution in [-0.2, 0) is 0 Å². The SMILES string of the molecule is CCC(CC)(CC)NC(C)c1ccc(Cl)c(Cl)c1. The maximum atomic E-state index is 6.07. The van der Waals surface area contributed by atoms with Crippen molar-refractivity contribution in [1.29, 1.82) is 0 Å². The average molecular weight is 288 g/mol. The molecule has 102 valence electrons. The smallest absolute Gasteiger partial charge is 0.0595 e. The Labute approximate surface area is 121 Å². The Kier molecular flexibility index (Phi) is 5.97. The molecular formula is C15H23Cl2N. The summed E-state index contributed by atoms with van der Waals surface area (Å²) in [5, 5.41) is 4.98. The first-order chi connectivity index (χ1) is 8.48. The molecule has 0 saturated carbocycles. The Balaban J connectivity index is 2.86. The minimum atomic E-state index is 0.214. The van der Waals surface area contributed by atoms with Crippen LogP contribution in [0.1, 0.15) is 58.6 Å². The van der Waals surface area contributed by atoms with Crippen LogP contribution in [0.15, 0.2) is 18.2 Å². The Bertz CT molecular complexity index is 378. The Morgan fingerprint density at radius 1 is 1.06 bits per heavy atom. The third-order valence-electron chi connectivity index (χ3n) is 4.00. The molecule has 0 amide bonds. The van der Waals surface area contributed by atoms with E-state index in [9.17, 15) is 0 Å². The third kappa shape index (κ3) is 3.63. The topological polar surface area (TPSA) is 12.0 Å². The maximum Gasteiger partial charge on any atom is 0.0595 e. The molecule has 1 atom stereocenters. The van der Waals surface area contributed by atoms with Crippen LogP contribution in [-0.4, -0.2) is 5.54 Å². The van der Waals surface area contributed by atoms with Crippen LogP contribution in [0.25, 0.3) is 0 Å². The van der Waals surface area contributed by atoms with Crippen LogP contribution in [0, 0.1) is 0 Å². The molecule has 1 rings (SSSR count). The van der Waals surface area contributed by atoms with Crippen molar-refractivity contribution in [2.75, 3.05) is 0 Å². The summed E-state index contributed by atoms with van der Waals surface area (Å²) >= 11 is 12.0. The second kappa shape index (κ2) is 6.79. The highest BCUT2D eigenvalue weighted by Gasteiger charge is 2.25. The first-order valence-corrected chi connectivity index (χ1v) is 7.46. The number of nitrogens with one attached hydrogen (secondary N) is 1. The quantitative estimate of drug-likeness (QED) is 0.717. The fourth-order valence-corrected chi connectivity index (χ4v) is 2.69. The van der Waals surface area contributed by atoms with Gasteiger partial charge in [-0.1, -0.05) is 50.0 Å². The van der Waals surface area contributed by atoms with Crippen LogP contribution < -0.4 is 5.32 Å². The van der Waals surface area contributed by atoms with E-state index in [0.717, 1.165) is 19.3 Å². The zero-order valence-corrected chi connectivity index (χ0v) is 13.2. The highest BCUT2D eigenvalue weighted by molar-refractivity contribution is 6.42. The molecule has 18 heavy (non-hydrogen) atoms. The first kappa shape index (κ1) is 15.8. The molecule has 1 N–H and O–H groups in total. The highest BCUT2D eigenvalue weighted by atomic mass is 35.5. The summed E-state index contributed by atoms with van der Waals surface area (Å²) in [6.45, 7) is 8.89. The zero-order valence-electron chi connectivity index (χ0n) is 11.7. The van der Waals surface area contributed by atoms with Crippen molar-refractivity contribution in [3.63, 3.8) is 0 Å². The largest absolute Gasteiger partial charge is 0.305 e. The van der Waals surface area contributed by atoms with Crippen molar-refractivity contribution >= 4 is 23.2 Å². The molecule has 0 heterocycles. The van der Waals surface area contributed by atoms with Crippen LogP contribution in [0.2, 0.25) is 10.0 Å². The highest BCUT2D eigenvalue weighted by Crippen LogP contribution is 2.28. The second-order valence-electron chi connectivity index (χ2n) is 4.88. The van der Waals surface area contributed by atoms with Crippen molar-refractivity contribution in [2.24, 2.45) is 0 Å². The predicted molar refractivity (Wildman–Crippen MR) is 81.6 cm³/mol. The number of rotatable bonds is 6. The van der Waals surface area contributed by atoms with E-state index in [4.69, 9.17) is 23.2 Å². The van der Waals surface area contributed by atoms with Crippen LogP contribution in [0.3, 0.4) is 0 Å². The normalized spacial score (nSPS) is 13.7. The monoisotopic (exact) mass is 287 g/mol. The van der Waals surface area contributed by atoms with Crippen molar-refractivity contribution < 1.29 is 0 Å². The molecule has 0 aliphatic rings. The van der Waals surface area contributed by atoms with Gasteiger partial charge in [-0.15, -0.1) is 0 Å². The van der Waals surface area contributed by atoms with Gasteiger partial charge in [0.1, 0.15) is 0 Å². The van der Waals surface area contributed by atoms with Gasteiger partial charge in [-0.25, -0.2) is 0 Å². The van der Waals surface area contributed by atoms with Crippen LogP contribution in [0.5, 0.6) is 0 Å². The maximum absolute atomic E-state index is 6.07. The number of hydrogen-bond acceptors (Lipinski definition) is 1. The van der Waals surface area contributed by atoms with Gasteiger partial charge in [-0.05, 0) is 43.9 Å². The van der Waals surface area contributed by atoms with Gasteiger partial charge in [0.25, 0.3) is 0 Å². The van der Waals surface area contributed by atoms with Gasteiger partial charge in [0.05, 0.1) is 10.0 Å². The van der Waals surface area contributed by atoms with E-state index < -0.39 is 0 Å². The van der Waals surface area contributed by atoms with Crippen molar-refractivity contribution in [2.45, 2.75) is 58.5 Å². The number of hydrogen-bond donors (Lipinski definition) is 1. The van der Waals surface area contributed by atoms with Gasteiger partial charge >= 0.3 is 0 Å². The molecule has 1 aromatic carbocycles. The lowest BCUT2D eigenvalue weighted by Crippen LogP contribution is -2.44. The van der Waals surface area contributed by atoms with Gasteiger partial charge in [0.15, 0.2) is 0 Å². The lowest BCUT2D eigenvalue weighted by atomic mass is 9.88. The van der Waals surface area contributed by atoms with Crippen LogP contribution in [0.4, 0.5) is 0 Å². The molecule has 0 aliphatic heterocycles. The zero-order chi connectivity index (χ0) is 13.8. The van der Waals surface area contributed by atoms with Gasteiger partial charge in [0, 0.05) is 11.6 Å². The molecule has 0 spiro atoms. The second-order valence-corrected chi connectivity index (χ2v) is 5.69. The number of benzene rings is 1. The van der Waals surface area contributed by atoms with E-state index in [1.165, 1.54) is 5.56 Å². The Morgan fingerprint density at radius 3 is 2.06 bits per heavy atom. The summed E-state index contributed by atoms with van der Waals surface area (Å²) in [4.78, 5) is 0. The predicted octanol–water partition coefficient (Wildman–Crippen LogP) is 5.61. The summed E-state index contributed by atoms with van der Waals surface area (Å²) in [6, 6.07) is 6.13. The summed E-state index contributed by atoms with van der Waals surface area (Å²) in [7, 11) is 0. The summed E-state index contributed by atoms with van der Waals surface area (Å²) in [6.07, 6.45) is 3.39. The number of halogens is 2. The Morgan fingerprint density at radius 2 is 1.61 bits per heavy atom. The molecule has 0 saturated heterocycles. The fraction of sp³-hybridized carbons (Fsp3) is 0.600. The van der Waals surface area contributed by atoms with E-state index in [-0.39, 0.29) is 11.6 Å². The van der Waals surface area contributed by atoms with E-state index in [1.807, 2.05) is 18.2 Å². The molecule has 1 unspecified atom stereocenters. The molecule has 1 aromatic rings. The molecule has 0 aliphatic carbocycles. The molecule has 0 radical (unpaired) electrons. The Hall–Kier alpha value is -0.240. The summed E-state index contributed by atoms with van der Waals surface area (Å²) < 4.78 is 0. The third-order valence-corrected chi connectivity index (χ3v) is 4.74. The van der Waals surface area contributed by atoms with Gasteiger partial charge in [-0.2, -0.15) is 0 Å². The fourth-order valence-electron chi connectivity index (χ4n) is 2.38. The van der Waals surface area contributed by atoms with E-state index in [1.54, 1.807) is 0 Å².